The zero-order valence-corrected chi connectivity index (χ0v) is 14.1. The van der Waals surface area contributed by atoms with Crippen molar-refractivity contribution >= 4 is 16.9 Å². The normalized spacial score (nSPS) is 17.6. The minimum atomic E-state index is 0.0468. The Morgan fingerprint density at radius 1 is 1.32 bits per heavy atom. The molecule has 1 amide bonds. The van der Waals surface area contributed by atoms with Gasteiger partial charge >= 0.3 is 0 Å². The van der Waals surface area contributed by atoms with Crippen molar-refractivity contribution in [2.45, 2.75) is 18.8 Å². The van der Waals surface area contributed by atoms with Crippen LogP contribution in [0.25, 0.3) is 11.0 Å². The molecular formula is C19H20N4O2. The number of fused-ring (bicyclic) bond motifs is 1. The molecule has 25 heavy (non-hydrogen) atoms. The second-order valence-corrected chi connectivity index (χ2v) is 6.33. The van der Waals surface area contributed by atoms with Gasteiger partial charge in [0.1, 0.15) is 5.75 Å². The second kappa shape index (κ2) is 6.55. The maximum absolute atomic E-state index is 12.9. The molecule has 3 heterocycles. The van der Waals surface area contributed by atoms with Crippen molar-refractivity contribution in [1.29, 1.82) is 0 Å². The third-order valence-corrected chi connectivity index (χ3v) is 4.79. The lowest BCUT2D eigenvalue weighted by Crippen LogP contribution is -2.39. The van der Waals surface area contributed by atoms with Gasteiger partial charge in [0.15, 0.2) is 5.65 Å². The first kappa shape index (κ1) is 15.6. The van der Waals surface area contributed by atoms with Gasteiger partial charge in [0.2, 0.25) is 0 Å². The van der Waals surface area contributed by atoms with E-state index in [9.17, 15) is 4.79 Å². The van der Waals surface area contributed by atoms with Crippen molar-refractivity contribution in [3.05, 3.63) is 53.9 Å². The van der Waals surface area contributed by atoms with E-state index >= 15 is 0 Å². The summed E-state index contributed by atoms with van der Waals surface area (Å²) < 4.78 is 5.23. The van der Waals surface area contributed by atoms with E-state index in [1.54, 1.807) is 19.4 Å². The molecule has 0 aliphatic carbocycles. The highest BCUT2D eigenvalue weighted by Crippen LogP contribution is 2.30. The first-order chi connectivity index (χ1) is 12.3. The van der Waals surface area contributed by atoms with E-state index in [-0.39, 0.29) is 11.8 Å². The van der Waals surface area contributed by atoms with Crippen LogP contribution in [0.5, 0.6) is 5.75 Å². The molecule has 0 unspecified atom stereocenters. The van der Waals surface area contributed by atoms with Crippen molar-refractivity contribution in [2.75, 3.05) is 20.2 Å². The van der Waals surface area contributed by atoms with Gasteiger partial charge in [-0.1, -0.05) is 6.07 Å². The van der Waals surface area contributed by atoms with E-state index in [4.69, 9.17) is 4.74 Å². The SMILES string of the molecule is COc1cccc(C(=O)N2CCC[C@H](c3[nH]nc4ncccc34)C2)c1. The Hall–Kier alpha value is -2.89. The number of methoxy groups -OCH3 is 1. The number of aromatic amines is 1. The van der Waals surface area contributed by atoms with Gasteiger partial charge in [-0.05, 0) is 43.2 Å². The number of nitrogens with zero attached hydrogens (tertiary/aromatic N) is 3. The van der Waals surface area contributed by atoms with Crippen LogP contribution in [0.15, 0.2) is 42.6 Å². The van der Waals surface area contributed by atoms with Crippen LogP contribution in [-0.4, -0.2) is 46.2 Å². The summed E-state index contributed by atoms with van der Waals surface area (Å²) in [4.78, 5) is 19.1. The molecule has 0 spiro atoms. The molecule has 1 saturated heterocycles. The van der Waals surface area contributed by atoms with Gasteiger partial charge in [-0.25, -0.2) is 4.98 Å². The quantitative estimate of drug-likeness (QED) is 0.798. The summed E-state index contributed by atoms with van der Waals surface area (Å²) in [6.45, 7) is 1.46. The number of aromatic nitrogens is 3. The number of likely N-dealkylation sites (tertiary alicyclic amines) is 1. The van der Waals surface area contributed by atoms with Gasteiger partial charge in [-0.3, -0.25) is 9.89 Å². The molecule has 0 saturated carbocycles. The van der Waals surface area contributed by atoms with Crippen molar-refractivity contribution < 1.29 is 9.53 Å². The summed E-state index contributed by atoms with van der Waals surface area (Å²) in [5.41, 5.74) is 2.47. The van der Waals surface area contributed by atoms with E-state index < -0.39 is 0 Å². The number of nitrogens with one attached hydrogen (secondary N) is 1. The lowest BCUT2D eigenvalue weighted by molar-refractivity contribution is 0.0706. The molecule has 4 rings (SSSR count). The molecule has 1 N–H and O–H groups in total. The number of carbonyl (C=O) groups excluding carboxylic acids is 1. The number of amides is 1. The number of H-pyrrole nitrogens is 1. The number of ether oxygens (including phenoxy) is 1. The summed E-state index contributed by atoms with van der Waals surface area (Å²) in [5, 5.41) is 8.46. The first-order valence-corrected chi connectivity index (χ1v) is 8.48. The number of hydrogen-bond acceptors (Lipinski definition) is 4. The number of piperidine rings is 1. The molecule has 1 atom stereocenters. The fourth-order valence-electron chi connectivity index (χ4n) is 3.52. The van der Waals surface area contributed by atoms with Crippen LogP contribution >= 0.6 is 0 Å². The minimum Gasteiger partial charge on any atom is -0.497 e. The Labute approximate surface area is 145 Å². The summed E-state index contributed by atoms with van der Waals surface area (Å²) in [5.74, 6) is 0.994. The highest BCUT2D eigenvalue weighted by molar-refractivity contribution is 5.94. The fourth-order valence-corrected chi connectivity index (χ4v) is 3.52. The lowest BCUT2D eigenvalue weighted by Gasteiger charge is -2.32. The topological polar surface area (TPSA) is 71.1 Å². The van der Waals surface area contributed by atoms with Gasteiger partial charge in [-0.15, -0.1) is 0 Å². The van der Waals surface area contributed by atoms with Crippen LogP contribution in [-0.2, 0) is 0 Å². The molecule has 0 bridgehead atoms. The van der Waals surface area contributed by atoms with Crippen LogP contribution < -0.4 is 4.74 Å². The average molecular weight is 336 g/mol. The van der Waals surface area contributed by atoms with E-state index in [0.29, 0.717) is 17.9 Å². The van der Waals surface area contributed by atoms with E-state index in [2.05, 4.69) is 15.2 Å². The summed E-state index contributed by atoms with van der Waals surface area (Å²) in [7, 11) is 1.61. The Balaban J connectivity index is 1.57. The monoisotopic (exact) mass is 336 g/mol. The van der Waals surface area contributed by atoms with Crippen LogP contribution in [0.2, 0.25) is 0 Å². The van der Waals surface area contributed by atoms with E-state index in [1.165, 1.54) is 0 Å². The highest BCUT2D eigenvalue weighted by atomic mass is 16.5. The molecule has 1 aliphatic heterocycles. The summed E-state index contributed by atoms with van der Waals surface area (Å²) in [6, 6.07) is 11.3. The Morgan fingerprint density at radius 3 is 3.12 bits per heavy atom. The van der Waals surface area contributed by atoms with Gasteiger partial charge in [0.05, 0.1) is 7.11 Å². The molecule has 1 fully saturated rings. The van der Waals surface area contributed by atoms with Crippen molar-refractivity contribution in [1.82, 2.24) is 20.1 Å². The van der Waals surface area contributed by atoms with Gasteiger partial charge < -0.3 is 9.64 Å². The molecule has 0 radical (unpaired) electrons. The van der Waals surface area contributed by atoms with Crippen molar-refractivity contribution in [3.8, 4) is 5.75 Å². The third kappa shape index (κ3) is 2.95. The maximum Gasteiger partial charge on any atom is 0.254 e. The molecule has 3 aromatic rings. The molecular weight excluding hydrogens is 316 g/mol. The summed E-state index contributed by atoms with van der Waals surface area (Å²) >= 11 is 0. The average Bonchev–Trinajstić information content (AvgIpc) is 3.12. The van der Waals surface area contributed by atoms with Gasteiger partial charge in [-0.2, -0.15) is 5.10 Å². The lowest BCUT2D eigenvalue weighted by atomic mass is 9.93. The second-order valence-electron chi connectivity index (χ2n) is 6.33. The van der Waals surface area contributed by atoms with Crippen molar-refractivity contribution in [2.24, 2.45) is 0 Å². The number of pyridine rings is 1. The van der Waals surface area contributed by atoms with Crippen LogP contribution in [0.1, 0.15) is 34.8 Å². The first-order valence-electron chi connectivity index (χ1n) is 8.48. The van der Waals surface area contributed by atoms with Crippen LogP contribution in [0.3, 0.4) is 0 Å². The number of benzene rings is 1. The molecule has 6 nitrogen and oxygen atoms in total. The molecule has 6 heteroatoms. The fraction of sp³-hybridized carbons (Fsp3) is 0.316. The largest absolute Gasteiger partial charge is 0.497 e. The standard InChI is InChI=1S/C19H20N4O2/c1-25-15-7-2-5-13(11-15)19(24)23-10-4-6-14(12-23)17-16-8-3-9-20-18(16)22-21-17/h2-3,5,7-9,11,14H,4,6,10,12H2,1H3,(H,20,21,22)/t14-/m0/s1. The van der Waals surface area contributed by atoms with Crippen LogP contribution in [0, 0.1) is 0 Å². The highest BCUT2D eigenvalue weighted by Gasteiger charge is 2.28. The predicted molar refractivity (Wildman–Crippen MR) is 94.8 cm³/mol. The predicted octanol–water partition coefficient (Wildman–Crippen LogP) is 2.99. The van der Waals surface area contributed by atoms with Crippen LogP contribution in [0.4, 0.5) is 0 Å². The zero-order chi connectivity index (χ0) is 17.2. The Morgan fingerprint density at radius 2 is 2.24 bits per heavy atom. The van der Waals surface area contributed by atoms with Gasteiger partial charge in [0.25, 0.3) is 5.91 Å². The molecule has 1 aromatic carbocycles. The summed E-state index contributed by atoms with van der Waals surface area (Å²) in [6.07, 6.45) is 3.75. The number of hydrogen-bond donors (Lipinski definition) is 1. The zero-order valence-electron chi connectivity index (χ0n) is 14.1. The Kier molecular flexibility index (Phi) is 4.09. The minimum absolute atomic E-state index is 0.0468. The van der Waals surface area contributed by atoms with Gasteiger partial charge in [0, 0.05) is 41.8 Å². The van der Waals surface area contributed by atoms with Crippen molar-refractivity contribution in [3.63, 3.8) is 0 Å². The number of rotatable bonds is 3. The van der Waals surface area contributed by atoms with E-state index in [0.717, 1.165) is 36.1 Å². The maximum atomic E-state index is 12.9. The Bertz CT molecular complexity index is 905. The van der Waals surface area contributed by atoms with E-state index in [1.807, 2.05) is 35.2 Å². The third-order valence-electron chi connectivity index (χ3n) is 4.79. The number of carbonyl (C=O) groups is 1. The molecule has 1 aliphatic rings. The molecule has 128 valence electrons. The smallest absolute Gasteiger partial charge is 0.254 e. The molecule has 2 aromatic heterocycles.